The van der Waals surface area contributed by atoms with E-state index in [1.165, 1.54) is 0 Å². The summed E-state index contributed by atoms with van der Waals surface area (Å²) >= 11 is 0. The summed E-state index contributed by atoms with van der Waals surface area (Å²) in [6.07, 6.45) is 1.58. The van der Waals surface area contributed by atoms with Gasteiger partial charge < -0.3 is 11.1 Å². The highest BCUT2D eigenvalue weighted by Crippen LogP contribution is 1.91. The molecule has 3 heteroatoms. The molecule has 9 heavy (non-hydrogen) atoms. The molecule has 0 saturated heterocycles. The Balaban J connectivity index is 3.49. The summed E-state index contributed by atoms with van der Waals surface area (Å²) in [6, 6.07) is -0.435. The molecule has 1 amide bonds. The number of carbonyl (C=O) groups excluding carboxylic acids is 1. The molecular formula is C6H14N2O. The van der Waals surface area contributed by atoms with E-state index in [9.17, 15) is 4.79 Å². The van der Waals surface area contributed by atoms with Gasteiger partial charge in [0.15, 0.2) is 0 Å². The number of rotatable bonds is 3. The van der Waals surface area contributed by atoms with Gasteiger partial charge in [-0.3, -0.25) is 4.79 Å². The maximum Gasteiger partial charge on any atom is 0.236 e. The van der Waals surface area contributed by atoms with Crippen LogP contribution in [-0.4, -0.2) is 19.0 Å². The van der Waals surface area contributed by atoms with Crippen LogP contribution in [0.15, 0.2) is 0 Å². The zero-order valence-corrected chi connectivity index (χ0v) is 5.68. The second-order valence-electron chi connectivity index (χ2n) is 1.94. The molecule has 0 bridgehead atoms. The molecule has 0 rings (SSSR count). The van der Waals surface area contributed by atoms with E-state index in [4.69, 9.17) is 7.10 Å². The highest BCUT2D eigenvalue weighted by molar-refractivity contribution is 5.80. The van der Waals surface area contributed by atoms with Crippen molar-refractivity contribution in [3.63, 3.8) is 0 Å². The third kappa shape index (κ3) is 3.08. The predicted octanol–water partition coefficient (Wildman–Crippen LogP) is -0.140. The predicted molar refractivity (Wildman–Crippen MR) is 37.0 cm³/mol. The standard InChI is InChI=1S/C6H14N2O/c1-3-4-5(7)6(9)8-2/h5H,3-4,7H2,1-2H3,(H,8,9)/t5-/m0/s1/i2D. The fourth-order valence-corrected chi connectivity index (χ4v) is 0.573. The molecule has 0 fully saturated rings. The number of hydrogen-bond donors (Lipinski definition) is 2. The summed E-state index contributed by atoms with van der Waals surface area (Å²) in [4.78, 5) is 10.8. The van der Waals surface area contributed by atoms with E-state index in [-0.39, 0.29) is 12.9 Å². The van der Waals surface area contributed by atoms with E-state index in [0.29, 0.717) is 6.42 Å². The van der Waals surface area contributed by atoms with Crippen LogP contribution in [0.2, 0.25) is 0 Å². The zero-order chi connectivity index (χ0) is 7.98. The molecule has 0 unspecified atom stereocenters. The monoisotopic (exact) mass is 131 g/mol. The third-order valence-electron chi connectivity index (χ3n) is 1.11. The highest BCUT2D eigenvalue weighted by atomic mass is 16.2. The second kappa shape index (κ2) is 4.32. The number of amides is 1. The first kappa shape index (κ1) is 6.55. The first-order valence-electron chi connectivity index (χ1n) is 3.75. The number of nitrogens with one attached hydrogen (secondary N) is 1. The van der Waals surface area contributed by atoms with Crippen LogP contribution in [-0.2, 0) is 4.79 Å². The van der Waals surface area contributed by atoms with Crippen molar-refractivity contribution in [2.75, 3.05) is 7.02 Å². The molecule has 0 radical (unpaired) electrons. The Hall–Kier alpha value is -0.570. The molecule has 0 aliphatic rings. The largest absolute Gasteiger partial charge is 0.358 e. The lowest BCUT2D eigenvalue weighted by molar-refractivity contribution is -0.122. The Bertz CT molecular complexity index is 108. The van der Waals surface area contributed by atoms with Gasteiger partial charge in [0.2, 0.25) is 5.91 Å². The Morgan fingerprint density at radius 2 is 2.67 bits per heavy atom. The fourth-order valence-electron chi connectivity index (χ4n) is 0.573. The van der Waals surface area contributed by atoms with Gasteiger partial charge >= 0.3 is 0 Å². The third-order valence-corrected chi connectivity index (χ3v) is 1.11. The van der Waals surface area contributed by atoms with Crippen LogP contribution in [0, 0.1) is 0 Å². The summed E-state index contributed by atoms with van der Waals surface area (Å²) in [5.41, 5.74) is 5.42. The number of hydrogen-bond acceptors (Lipinski definition) is 2. The molecule has 3 nitrogen and oxygen atoms in total. The lowest BCUT2D eigenvalue weighted by Gasteiger charge is -2.06. The van der Waals surface area contributed by atoms with Crippen LogP contribution in [0.25, 0.3) is 0 Å². The molecule has 0 aliphatic heterocycles. The minimum absolute atomic E-state index is 0.0871. The van der Waals surface area contributed by atoms with Crippen LogP contribution in [0.4, 0.5) is 0 Å². The summed E-state index contributed by atoms with van der Waals surface area (Å²) in [5, 5.41) is 2.33. The molecule has 0 heterocycles. The normalized spacial score (nSPS) is 14.2. The topological polar surface area (TPSA) is 55.1 Å². The number of likely N-dealkylation sites (N-methyl/N-ethyl adjacent to an activating group) is 1. The summed E-state index contributed by atoms with van der Waals surface area (Å²) in [5.74, 6) is -0.225. The molecular weight excluding hydrogens is 116 g/mol. The molecule has 0 aromatic heterocycles. The Labute approximate surface area is 57.0 Å². The molecule has 1 atom stereocenters. The van der Waals surface area contributed by atoms with Crippen molar-refractivity contribution in [3.05, 3.63) is 0 Å². The van der Waals surface area contributed by atoms with E-state index >= 15 is 0 Å². The van der Waals surface area contributed by atoms with Gasteiger partial charge in [0, 0.05) is 8.39 Å². The molecule has 0 saturated carbocycles. The summed E-state index contributed by atoms with van der Waals surface area (Å²) < 4.78 is 6.67. The van der Waals surface area contributed by atoms with Crippen molar-refractivity contribution in [3.8, 4) is 0 Å². The van der Waals surface area contributed by atoms with Gasteiger partial charge in [-0.05, 0) is 6.42 Å². The molecule has 0 aliphatic carbocycles. The first-order chi connectivity index (χ1) is 4.72. The number of nitrogens with two attached hydrogens (primary N) is 1. The molecule has 0 aromatic carbocycles. The number of carbonyl (C=O) groups is 1. The van der Waals surface area contributed by atoms with E-state index in [1.54, 1.807) is 0 Å². The van der Waals surface area contributed by atoms with Crippen molar-refractivity contribution < 1.29 is 6.17 Å². The lowest BCUT2D eigenvalue weighted by Crippen LogP contribution is -2.38. The van der Waals surface area contributed by atoms with Gasteiger partial charge in [0.1, 0.15) is 0 Å². The zero-order valence-electron chi connectivity index (χ0n) is 6.68. The Kier molecular flexibility index (Phi) is 3.15. The smallest absolute Gasteiger partial charge is 0.236 e. The van der Waals surface area contributed by atoms with Crippen molar-refractivity contribution >= 4 is 5.91 Å². The average Bonchev–Trinajstić information content (AvgIpc) is 1.89. The van der Waals surface area contributed by atoms with Gasteiger partial charge in [-0.15, -0.1) is 0 Å². The van der Waals surface area contributed by atoms with Crippen molar-refractivity contribution in [2.45, 2.75) is 25.8 Å². The minimum Gasteiger partial charge on any atom is -0.358 e. The van der Waals surface area contributed by atoms with Crippen molar-refractivity contribution in [2.24, 2.45) is 5.73 Å². The van der Waals surface area contributed by atoms with Gasteiger partial charge in [-0.25, -0.2) is 0 Å². The van der Waals surface area contributed by atoms with Crippen molar-refractivity contribution in [1.82, 2.24) is 5.32 Å². The average molecular weight is 131 g/mol. The maximum atomic E-state index is 10.8. The minimum atomic E-state index is -0.435. The second-order valence-corrected chi connectivity index (χ2v) is 1.94. The van der Waals surface area contributed by atoms with Gasteiger partial charge in [-0.2, -0.15) is 0 Å². The van der Waals surface area contributed by atoms with E-state index in [2.05, 4.69) is 5.32 Å². The van der Waals surface area contributed by atoms with Crippen LogP contribution >= 0.6 is 0 Å². The highest BCUT2D eigenvalue weighted by Gasteiger charge is 2.08. The molecule has 54 valence electrons. The Morgan fingerprint density at radius 3 is 3.11 bits per heavy atom. The van der Waals surface area contributed by atoms with Crippen LogP contribution in [0.1, 0.15) is 21.1 Å². The van der Waals surface area contributed by atoms with E-state index in [0.717, 1.165) is 6.42 Å². The van der Waals surface area contributed by atoms with Crippen LogP contribution in [0.3, 0.4) is 0 Å². The SMILES string of the molecule is [2H]CNC(=O)[C@@H](N)CCC. The quantitative estimate of drug-likeness (QED) is 0.560. The summed E-state index contributed by atoms with van der Waals surface area (Å²) in [6.45, 7) is 1.97. The van der Waals surface area contributed by atoms with E-state index in [1.807, 2.05) is 6.92 Å². The van der Waals surface area contributed by atoms with Gasteiger partial charge in [0.05, 0.1) is 6.04 Å². The van der Waals surface area contributed by atoms with Crippen LogP contribution < -0.4 is 11.1 Å². The van der Waals surface area contributed by atoms with Crippen LogP contribution in [0.5, 0.6) is 0 Å². The molecule has 0 spiro atoms. The first-order valence-corrected chi connectivity index (χ1v) is 3.05. The molecule has 3 N–H and O–H groups in total. The van der Waals surface area contributed by atoms with Gasteiger partial charge in [-0.1, -0.05) is 13.3 Å². The fraction of sp³-hybridized carbons (Fsp3) is 0.833. The van der Waals surface area contributed by atoms with Crippen molar-refractivity contribution in [1.29, 1.82) is 0 Å². The maximum absolute atomic E-state index is 10.8. The lowest BCUT2D eigenvalue weighted by atomic mass is 10.2. The molecule has 0 aromatic rings. The summed E-state index contributed by atoms with van der Waals surface area (Å²) in [7, 11) is -0.0871. The van der Waals surface area contributed by atoms with Gasteiger partial charge in [0.25, 0.3) is 0 Å². The van der Waals surface area contributed by atoms with E-state index < -0.39 is 6.04 Å². The Morgan fingerprint density at radius 1 is 2.00 bits per heavy atom.